The van der Waals surface area contributed by atoms with E-state index in [1.54, 1.807) is 0 Å². The van der Waals surface area contributed by atoms with Gasteiger partial charge in [-0.1, -0.05) is 23.8 Å². The molecule has 2 heterocycles. The maximum Gasteiger partial charge on any atom is 0.255 e. The van der Waals surface area contributed by atoms with E-state index in [0.717, 1.165) is 42.8 Å². The van der Waals surface area contributed by atoms with Gasteiger partial charge in [-0.15, -0.1) is 0 Å². The van der Waals surface area contributed by atoms with E-state index < -0.39 is 0 Å². The molecule has 1 aliphatic heterocycles. The number of allylic oxidation sites excluding steroid dienone is 2. The number of fused-ring (bicyclic) bond motifs is 1. The normalized spacial score (nSPS) is 20.4. The third-order valence-electron chi connectivity index (χ3n) is 5.16. The van der Waals surface area contributed by atoms with Crippen LogP contribution in [0, 0.1) is 5.92 Å². The van der Waals surface area contributed by atoms with E-state index >= 15 is 0 Å². The molecule has 1 aromatic carbocycles. The number of benzene rings is 1. The van der Waals surface area contributed by atoms with Crippen molar-refractivity contribution < 1.29 is 0 Å². The fourth-order valence-corrected chi connectivity index (χ4v) is 3.89. The van der Waals surface area contributed by atoms with Crippen LogP contribution in [0.3, 0.4) is 0 Å². The quantitative estimate of drug-likeness (QED) is 0.852. The topological polar surface area (TPSA) is 49.0 Å². The molecule has 1 unspecified atom stereocenters. The number of hydrogen-bond acceptors (Lipinski definition) is 3. The second-order valence-corrected chi connectivity index (χ2v) is 7.42. The first-order valence-corrected chi connectivity index (χ1v) is 9.32. The van der Waals surface area contributed by atoms with Gasteiger partial charge in [0, 0.05) is 36.6 Å². The molecule has 4 rings (SSSR count). The summed E-state index contributed by atoms with van der Waals surface area (Å²) < 4.78 is 0. The monoisotopic (exact) mass is 355 g/mol. The molecule has 2 aromatic rings. The van der Waals surface area contributed by atoms with Crippen molar-refractivity contribution in [2.75, 3.05) is 13.1 Å². The molecule has 0 saturated heterocycles. The van der Waals surface area contributed by atoms with E-state index in [1.807, 2.05) is 24.3 Å². The van der Waals surface area contributed by atoms with Gasteiger partial charge in [0.15, 0.2) is 0 Å². The molecule has 130 valence electrons. The molecule has 1 atom stereocenters. The van der Waals surface area contributed by atoms with Crippen molar-refractivity contribution in [3.63, 3.8) is 0 Å². The number of aromatic amines is 1. The summed E-state index contributed by atoms with van der Waals surface area (Å²) in [6, 6.07) is 7.41. The number of aromatic nitrogens is 2. The van der Waals surface area contributed by atoms with Gasteiger partial charge in [0.1, 0.15) is 5.82 Å². The zero-order valence-electron chi connectivity index (χ0n) is 14.2. The summed E-state index contributed by atoms with van der Waals surface area (Å²) in [6.45, 7) is 2.75. The van der Waals surface area contributed by atoms with Gasteiger partial charge in [0.05, 0.1) is 11.3 Å². The fourth-order valence-electron chi connectivity index (χ4n) is 3.77. The molecule has 0 spiro atoms. The smallest absolute Gasteiger partial charge is 0.255 e. The first-order valence-electron chi connectivity index (χ1n) is 8.94. The van der Waals surface area contributed by atoms with Crippen molar-refractivity contribution in [3.8, 4) is 11.4 Å². The molecule has 0 amide bonds. The summed E-state index contributed by atoms with van der Waals surface area (Å²) >= 11 is 5.94. The average Bonchev–Trinajstić information content (AvgIpc) is 2.63. The highest BCUT2D eigenvalue weighted by molar-refractivity contribution is 6.30. The minimum Gasteiger partial charge on any atom is -0.306 e. The maximum atomic E-state index is 12.6. The lowest BCUT2D eigenvalue weighted by Crippen LogP contribution is -2.38. The Kier molecular flexibility index (Phi) is 4.73. The molecule has 0 bridgehead atoms. The van der Waals surface area contributed by atoms with Gasteiger partial charge in [0.2, 0.25) is 0 Å². The Morgan fingerprint density at radius 3 is 2.84 bits per heavy atom. The summed E-state index contributed by atoms with van der Waals surface area (Å²) in [7, 11) is 0. The van der Waals surface area contributed by atoms with Crippen LogP contribution < -0.4 is 5.56 Å². The van der Waals surface area contributed by atoms with Crippen molar-refractivity contribution in [2.24, 2.45) is 5.92 Å². The molecule has 1 N–H and O–H groups in total. The summed E-state index contributed by atoms with van der Waals surface area (Å²) in [5, 5.41) is 0.678. The standard InChI is InChI=1S/C20H22ClN3O/c21-16-8-6-15(7-9-16)19-22-18-10-11-24(13-17(18)20(25)23-19)12-14-4-2-1-3-5-14/h1-2,6-9,14H,3-5,10-13H2,(H,22,23,25). The number of nitrogens with zero attached hydrogens (tertiary/aromatic N) is 2. The summed E-state index contributed by atoms with van der Waals surface area (Å²) in [5.41, 5.74) is 2.65. The Labute approximate surface area is 152 Å². The van der Waals surface area contributed by atoms with E-state index in [9.17, 15) is 4.79 Å². The first kappa shape index (κ1) is 16.6. The Morgan fingerprint density at radius 2 is 2.08 bits per heavy atom. The summed E-state index contributed by atoms with van der Waals surface area (Å²) in [6.07, 6.45) is 9.00. The number of rotatable bonds is 3. The summed E-state index contributed by atoms with van der Waals surface area (Å²) in [4.78, 5) is 22.7. The molecule has 25 heavy (non-hydrogen) atoms. The third kappa shape index (κ3) is 3.70. The van der Waals surface area contributed by atoms with Crippen molar-refractivity contribution >= 4 is 11.6 Å². The van der Waals surface area contributed by atoms with Gasteiger partial charge < -0.3 is 4.98 Å². The van der Waals surface area contributed by atoms with Gasteiger partial charge in [-0.2, -0.15) is 0 Å². The predicted molar refractivity (Wildman–Crippen MR) is 101 cm³/mol. The van der Waals surface area contributed by atoms with Gasteiger partial charge in [-0.05, 0) is 49.4 Å². The van der Waals surface area contributed by atoms with Crippen LogP contribution in [0.25, 0.3) is 11.4 Å². The molecule has 2 aliphatic rings. The van der Waals surface area contributed by atoms with E-state index in [1.165, 1.54) is 12.8 Å². The number of nitrogens with one attached hydrogen (secondary N) is 1. The Bertz CT molecular complexity index is 841. The maximum absolute atomic E-state index is 12.6. The van der Waals surface area contributed by atoms with Gasteiger partial charge >= 0.3 is 0 Å². The lowest BCUT2D eigenvalue weighted by Gasteiger charge is -2.31. The molecular weight excluding hydrogens is 334 g/mol. The zero-order valence-corrected chi connectivity index (χ0v) is 14.9. The van der Waals surface area contributed by atoms with Gasteiger partial charge in [-0.25, -0.2) is 4.98 Å². The number of H-pyrrole nitrogens is 1. The van der Waals surface area contributed by atoms with E-state index in [2.05, 4.69) is 22.0 Å². The van der Waals surface area contributed by atoms with Crippen molar-refractivity contribution in [1.82, 2.24) is 14.9 Å². The summed E-state index contributed by atoms with van der Waals surface area (Å²) in [5.74, 6) is 1.35. The van der Waals surface area contributed by atoms with E-state index in [0.29, 0.717) is 23.3 Å². The first-order chi connectivity index (χ1) is 12.2. The SMILES string of the molecule is O=c1[nH]c(-c2ccc(Cl)cc2)nc2c1CN(CC1CC=CCC1)CC2. The highest BCUT2D eigenvalue weighted by atomic mass is 35.5. The van der Waals surface area contributed by atoms with E-state index in [4.69, 9.17) is 16.6 Å². The van der Waals surface area contributed by atoms with Crippen molar-refractivity contribution in [1.29, 1.82) is 0 Å². The van der Waals surface area contributed by atoms with Crippen LogP contribution in [0.5, 0.6) is 0 Å². The van der Waals surface area contributed by atoms with Crippen LogP contribution in [-0.2, 0) is 13.0 Å². The zero-order chi connectivity index (χ0) is 17.2. The second kappa shape index (κ2) is 7.14. The highest BCUT2D eigenvalue weighted by Crippen LogP contribution is 2.23. The van der Waals surface area contributed by atoms with Crippen LogP contribution in [0.15, 0.2) is 41.2 Å². The molecule has 1 aromatic heterocycles. The lowest BCUT2D eigenvalue weighted by molar-refractivity contribution is 0.204. The Morgan fingerprint density at radius 1 is 1.24 bits per heavy atom. The average molecular weight is 356 g/mol. The van der Waals surface area contributed by atoms with Crippen LogP contribution in [0.2, 0.25) is 5.02 Å². The number of halogens is 1. The Hall–Kier alpha value is -1.91. The largest absolute Gasteiger partial charge is 0.306 e. The minimum atomic E-state index is -0.0109. The highest BCUT2D eigenvalue weighted by Gasteiger charge is 2.23. The minimum absolute atomic E-state index is 0.0109. The Balaban J connectivity index is 1.54. The predicted octanol–water partition coefficient (Wildman–Crippen LogP) is 3.80. The van der Waals surface area contributed by atoms with Gasteiger partial charge in [-0.3, -0.25) is 9.69 Å². The van der Waals surface area contributed by atoms with E-state index in [-0.39, 0.29) is 5.56 Å². The number of hydrogen-bond donors (Lipinski definition) is 1. The lowest BCUT2D eigenvalue weighted by atomic mass is 9.93. The van der Waals surface area contributed by atoms with Crippen LogP contribution in [0.4, 0.5) is 0 Å². The van der Waals surface area contributed by atoms with Crippen LogP contribution in [-0.4, -0.2) is 28.0 Å². The van der Waals surface area contributed by atoms with Crippen molar-refractivity contribution in [2.45, 2.75) is 32.2 Å². The van der Waals surface area contributed by atoms with Crippen LogP contribution in [0.1, 0.15) is 30.5 Å². The molecule has 5 heteroatoms. The van der Waals surface area contributed by atoms with Gasteiger partial charge in [0.25, 0.3) is 5.56 Å². The molecular formula is C20H22ClN3O. The molecule has 1 aliphatic carbocycles. The molecule has 0 saturated carbocycles. The third-order valence-corrected chi connectivity index (χ3v) is 5.41. The van der Waals surface area contributed by atoms with Crippen molar-refractivity contribution in [3.05, 3.63) is 63.1 Å². The van der Waals surface area contributed by atoms with Crippen LogP contribution >= 0.6 is 11.6 Å². The second-order valence-electron chi connectivity index (χ2n) is 6.98. The molecule has 0 radical (unpaired) electrons. The fraction of sp³-hybridized carbons (Fsp3) is 0.400. The molecule has 0 fully saturated rings. The molecule has 4 nitrogen and oxygen atoms in total.